The summed E-state index contributed by atoms with van der Waals surface area (Å²) in [5, 5.41) is 6.40. The molecule has 0 radical (unpaired) electrons. The Morgan fingerprint density at radius 2 is 2.14 bits per heavy atom. The van der Waals surface area contributed by atoms with Crippen LogP contribution in [-0.4, -0.2) is 16.1 Å². The second-order valence-corrected chi connectivity index (χ2v) is 7.68. The van der Waals surface area contributed by atoms with Crippen LogP contribution in [0, 0.1) is 0 Å². The minimum atomic E-state index is -0.0518. The van der Waals surface area contributed by atoms with Gasteiger partial charge in [0, 0.05) is 20.8 Å². The molecule has 0 bridgehead atoms. The highest BCUT2D eigenvalue weighted by Crippen LogP contribution is 2.35. The highest BCUT2D eigenvalue weighted by Gasteiger charge is 2.22. The number of benzene rings is 1. The van der Waals surface area contributed by atoms with Crippen molar-refractivity contribution in [3.63, 3.8) is 0 Å². The van der Waals surface area contributed by atoms with E-state index in [2.05, 4.69) is 31.0 Å². The van der Waals surface area contributed by atoms with Crippen LogP contribution in [0.1, 0.15) is 18.5 Å². The summed E-state index contributed by atoms with van der Waals surface area (Å²) in [6.07, 6.45) is 2.86. The largest absolute Gasteiger partial charge is 0.326 e. The summed E-state index contributed by atoms with van der Waals surface area (Å²) >= 11 is 6.63. The van der Waals surface area contributed by atoms with Gasteiger partial charge in [0.2, 0.25) is 5.91 Å². The van der Waals surface area contributed by atoms with Gasteiger partial charge < -0.3 is 10.0 Å². The molecular weight excluding hydrogens is 370 g/mol. The number of halogens is 1. The monoisotopic (exact) mass is 383 g/mol. The Hall–Kier alpha value is -1.05. The van der Waals surface area contributed by atoms with Gasteiger partial charge in [-0.2, -0.15) is 0 Å². The molecule has 7 heteroatoms. The van der Waals surface area contributed by atoms with Crippen LogP contribution in [-0.2, 0) is 11.2 Å². The van der Waals surface area contributed by atoms with E-state index in [1.807, 2.05) is 29.6 Å². The fraction of sp³-hybridized carbons (Fsp3) is 0.286. The normalized spacial score (nSPS) is 14.0. The third kappa shape index (κ3) is 4.72. The molecule has 110 valence electrons. The number of rotatable bonds is 6. The van der Waals surface area contributed by atoms with Gasteiger partial charge in [0.15, 0.2) is 5.13 Å². The van der Waals surface area contributed by atoms with Crippen LogP contribution in [0.4, 0.5) is 10.8 Å². The number of nitrogens with one attached hydrogen (secondary N) is 2. The van der Waals surface area contributed by atoms with E-state index in [4.69, 9.17) is 0 Å². The summed E-state index contributed by atoms with van der Waals surface area (Å²) < 4.78 is 4.23. The molecule has 0 aliphatic heterocycles. The Labute approximate surface area is 140 Å². The fourth-order valence-electron chi connectivity index (χ4n) is 1.66. The molecule has 1 aromatic carbocycles. The van der Waals surface area contributed by atoms with Crippen LogP contribution in [0.2, 0.25) is 0 Å². The molecule has 3 rings (SSSR count). The number of carbonyl (C=O) groups excluding carboxylic acids is 1. The number of nitrogens with zero attached hydrogens (tertiary/aromatic N) is 1. The van der Waals surface area contributed by atoms with Gasteiger partial charge in [0.25, 0.3) is 0 Å². The SMILES string of the molecule is O=C(Cc1csc(NSC2CC2)n1)Nc1ccc(Br)cc1. The molecule has 2 N–H and O–H groups in total. The van der Waals surface area contributed by atoms with Crippen molar-refractivity contribution in [3.05, 3.63) is 39.8 Å². The standard InChI is InChI=1S/C14H14BrN3OS2/c15-9-1-3-10(4-2-9)16-13(19)7-11-8-20-14(17-11)18-21-12-5-6-12/h1-4,8,12H,5-7H2,(H,16,19)(H,17,18). The number of carbonyl (C=O) groups is 1. The van der Waals surface area contributed by atoms with Crippen LogP contribution < -0.4 is 10.0 Å². The molecule has 0 saturated heterocycles. The average Bonchev–Trinajstić information content (AvgIpc) is 3.19. The van der Waals surface area contributed by atoms with E-state index in [1.165, 1.54) is 12.8 Å². The van der Waals surface area contributed by atoms with E-state index in [9.17, 15) is 4.79 Å². The Kier molecular flexibility index (Phi) is 4.82. The first kappa shape index (κ1) is 14.9. The lowest BCUT2D eigenvalue weighted by atomic mass is 10.3. The van der Waals surface area contributed by atoms with Crippen LogP contribution in [0.5, 0.6) is 0 Å². The number of amides is 1. The minimum Gasteiger partial charge on any atom is -0.326 e. The number of aromatic nitrogens is 1. The number of anilines is 2. The first-order valence-corrected chi connectivity index (χ1v) is 9.16. The van der Waals surface area contributed by atoms with Crippen molar-refractivity contribution < 1.29 is 4.79 Å². The third-order valence-corrected chi connectivity index (χ3v) is 5.44. The minimum absolute atomic E-state index is 0.0518. The Bertz CT molecular complexity index is 625. The van der Waals surface area contributed by atoms with Crippen molar-refractivity contribution in [2.24, 2.45) is 0 Å². The van der Waals surface area contributed by atoms with Crippen molar-refractivity contribution in [2.75, 3.05) is 10.0 Å². The summed E-state index contributed by atoms with van der Waals surface area (Å²) in [6, 6.07) is 7.52. The highest BCUT2D eigenvalue weighted by molar-refractivity contribution is 9.10. The van der Waals surface area contributed by atoms with Crippen LogP contribution in [0.15, 0.2) is 34.1 Å². The third-order valence-electron chi connectivity index (χ3n) is 2.86. The van der Waals surface area contributed by atoms with Crippen molar-refractivity contribution in [2.45, 2.75) is 24.5 Å². The van der Waals surface area contributed by atoms with Gasteiger partial charge >= 0.3 is 0 Å². The molecule has 21 heavy (non-hydrogen) atoms. The maximum Gasteiger partial charge on any atom is 0.230 e. The Morgan fingerprint density at radius 1 is 1.38 bits per heavy atom. The van der Waals surface area contributed by atoms with E-state index in [-0.39, 0.29) is 5.91 Å². The lowest BCUT2D eigenvalue weighted by Gasteiger charge is -2.03. The Morgan fingerprint density at radius 3 is 2.86 bits per heavy atom. The molecule has 2 aromatic rings. The average molecular weight is 384 g/mol. The second kappa shape index (κ2) is 6.81. The maximum atomic E-state index is 12.0. The van der Waals surface area contributed by atoms with Gasteiger partial charge in [-0.15, -0.1) is 11.3 Å². The molecule has 1 heterocycles. The molecule has 4 nitrogen and oxygen atoms in total. The predicted molar refractivity (Wildman–Crippen MR) is 92.8 cm³/mol. The molecule has 0 unspecified atom stereocenters. The topological polar surface area (TPSA) is 54.0 Å². The van der Waals surface area contributed by atoms with E-state index in [0.717, 1.165) is 26.2 Å². The molecule has 1 amide bonds. The summed E-state index contributed by atoms with van der Waals surface area (Å²) in [4.78, 5) is 16.4. The van der Waals surface area contributed by atoms with Crippen LogP contribution in [0.3, 0.4) is 0 Å². The molecule has 0 spiro atoms. The van der Waals surface area contributed by atoms with Gasteiger partial charge in [-0.3, -0.25) is 4.79 Å². The molecule has 1 saturated carbocycles. The molecule has 1 aliphatic rings. The van der Waals surface area contributed by atoms with Crippen LogP contribution in [0.25, 0.3) is 0 Å². The van der Waals surface area contributed by atoms with Crippen molar-refractivity contribution in [3.8, 4) is 0 Å². The van der Waals surface area contributed by atoms with E-state index in [0.29, 0.717) is 6.42 Å². The van der Waals surface area contributed by atoms with E-state index >= 15 is 0 Å². The molecule has 1 aliphatic carbocycles. The maximum absolute atomic E-state index is 12.0. The first-order chi connectivity index (χ1) is 10.2. The number of thiazole rings is 1. The van der Waals surface area contributed by atoms with Gasteiger partial charge in [-0.05, 0) is 49.1 Å². The summed E-state index contributed by atoms with van der Waals surface area (Å²) in [5.74, 6) is -0.0518. The smallest absolute Gasteiger partial charge is 0.230 e. The number of hydrogen-bond acceptors (Lipinski definition) is 5. The predicted octanol–water partition coefficient (Wildman–Crippen LogP) is 4.31. The van der Waals surface area contributed by atoms with Gasteiger partial charge in [0.1, 0.15) is 0 Å². The van der Waals surface area contributed by atoms with E-state index < -0.39 is 0 Å². The lowest BCUT2D eigenvalue weighted by molar-refractivity contribution is -0.115. The van der Waals surface area contributed by atoms with Crippen molar-refractivity contribution >= 4 is 55.9 Å². The molecule has 0 atom stereocenters. The lowest BCUT2D eigenvalue weighted by Crippen LogP contribution is -2.14. The van der Waals surface area contributed by atoms with Crippen molar-refractivity contribution in [1.29, 1.82) is 0 Å². The summed E-state index contributed by atoms with van der Waals surface area (Å²) in [6.45, 7) is 0. The van der Waals surface area contributed by atoms with Gasteiger partial charge in [-0.25, -0.2) is 4.98 Å². The molecule has 1 aromatic heterocycles. The second-order valence-electron chi connectivity index (χ2n) is 4.80. The summed E-state index contributed by atoms with van der Waals surface area (Å²) in [7, 11) is 0. The first-order valence-electron chi connectivity index (χ1n) is 6.60. The zero-order valence-electron chi connectivity index (χ0n) is 11.1. The number of hydrogen-bond donors (Lipinski definition) is 2. The quantitative estimate of drug-likeness (QED) is 0.729. The van der Waals surface area contributed by atoms with E-state index in [1.54, 1.807) is 23.3 Å². The van der Waals surface area contributed by atoms with Gasteiger partial charge in [-0.1, -0.05) is 15.9 Å². The highest BCUT2D eigenvalue weighted by atomic mass is 79.9. The Balaban J connectivity index is 1.50. The summed E-state index contributed by atoms with van der Waals surface area (Å²) in [5.41, 5.74) is 1.59. The zero-order chi connectivity index (χ0) is 14.7. The van der Waals surface area contributed by atoms with Gasteiger partial charge in [0.05, 0.1) is 12.1 Å². The fourth-order valence-corrected chi connectivity index (χ4v) is 3.50. The molecule has 1 fully saturated rings. The molecular formula is C14H14BrN3OS2. The zero-order valence-corrected chi connectivity index (χ0v) is 14.4. The van der Waals surface area contributed by atoms with Crippen molar-refractivity contribution in [1.82, 2.24) is 4.98 Å². The van der Waals surface area contributed by atoms with Crippen LogP contribution >= 0.6 is 39.2 Å².